The van der Waals surface area contributed by atoms with Crippen LogP contribution in [-0.4, -0.2) is 81.6 Å². The lowest BCUT2D eigenvalue weighted by atomic mass is 10.0. The quantitative estimate of drug-likeness (QED) is 0.700. The first-order chi connectivity index (χ1) is 13.9. The maximum Gasteiger partial charge on any atom is 0.224 e. The zero-order valence-corrected chi connectivity index (χ0v) is 18.4. The van der Waals surface area contributed by atoms with Gasteiger partial charge in [0, 0.05) is 57.8 Å². The summed E-state index contributed by atoms with van der Waals surface area (Å²) in [5, 5.41) is 4.45. The first kappa shape index (κ1) is 21.8. The predicted octanol–water partition coefficient (Wildman–Crippen LogP) is 2.22. The largest absolute Gasteiger partial charge is 0.341 e. The Hall–Kier alpha value is -1.89. The number of aromatic nitrogens is 2. The summed E-state index contributed by atoms with van der Waals surface area (Å²) >= 11 is 0. The van der Waals surface area contributed by atoms with E-state index in [1.165, 1.54) is 19.3 Å². The van der Waals surface area contributed by atoms with Crippen LogP contribution in [0, 0.1) is 13.8 Å². The van der Waals surface area contributed by atoms with Crippen LogP contribution in [0.3, 0.4) is 0 Å². The molecule has 7 nitrogen and oxygen atoms in total. The van der Waals surface area contributed by atoms with Crippen LogP contribution >= 0.6 is 0 Å². The van der Waals surface area contributed by atoms with Crippen molar-refractivity contribution in [2.75, 3.05) is 39.3 Å². The smallest absolute Gasteiger partial charge is 0.224 e. The number of aryl methyl sites for hydroxylation is 3. The van der Waals surface area contributed by atoms with Gasteiger partial charge >= 0.3 is 0 Å². The van der Waals surface area contributed by atoms with Crippen molar-refractivity contribution in [3.8, 4) is 0 Å². The van der Waals surface area contributed by atoms with E-state index in [4.69, 9.17) is 0 Å². The summed E-state index contributed by atoms with van der Waals surface area (Å²) in [5.74, 6) is 0.297. The Labute approximate surface area is 175 Å². The van der Waals surface area contributed by atoms with E-state index in [2.05, 4.69) is 10.00 Å². The number of carbonyl (C=O) groups is 2. The zero-order chi connectivity index (χ0) is 20.8. The Bertz CT molecular complexity index is 695. The lowest BCUT2D eigenvalue weighted by Crippen LogP contribution is -2.53. The summed E-state index contributed by atoms with van der Waals surface area (Å²) < 4.78 is 1.91. The second kappa shape index (κ2) is 10.2. The number of hydrogen-bond acceptors (Lipinski definition) is 4. The molecule has 0 aliphatic carbocycles. The molecule has 3 heterocycles. The molecule has 2 aliphatic heterocycles. The van der Waals surface area contributed by atoms with Crippen molar-refractivity contribution in [2.45, 2.75) is 71.9 Å². The average molecular weight is 404 g/mol. The van der Waals surface area contributed by atoms with Gasteiger partial charge in [-0.05, 0) is 58.7 Å². The molecule has 2 amide bonds. The minimum absolute atomic E-state index is 0.129. The van der Waals surface area contributed by atoms with Gasteiger partial charge in [0.15, 0.2) is 0 Å². The number of piperidine rings is 2. The fourth-order valence-electron chi connectivity index (χ4n) is 4.73. The van der Waals surface area contributed by atoms with Crippen molar-refractivity contribution in [3.05, 3.63) is 17.5 Å². The SMILES string of the molecule is CC(=O)N(CCN1CCCCC1)C1CCCN(C(=O)CCn2nc(C)cc2C)C1. The molecule has 1 aromatic heterocycles. The highest BCUT2D eigenvalue weighted by Crippen LogP contribution is 2.18. The molecule has 162 valence electrons. The van der Waals surface area contributed by atoms with Crippen LogP contribution in [0.2, 0.25) is 0 Å². The van der Waals surface area contributed by atoms with Crippen LogP contribution in [0.4, 0.5) is 0 Å². The fraction of sp³-hybridized carbons (Fsp3) is 0.773. The normalized spacial score (nSPS) is 20.7. The molecule has 1 unspecified atom stereocenters. The Morgan fingerprint density at radius 3 is 2.52 bits per heavy atom. The highest BCUT2D eigenvalue weighted by molar-refractivity contribution is 5.77. The first-order valence-corrected chi connectivity index (χ1v) is 11.2. The van der Waals surface area contributed by atoms with E-state index < -0.39 is 0 Å². The highest BCUT2D eigenvalue weighted by Gasteiger charge is 2.29. The summed E-state index contributed by atoms with van der Waals surface area (Å²) in [6, 6.07) is 2.18. The summed E-state index contributed by atoms with van der Waals surface area (Å²) in [6.45, 7) is 11.7. The van der Waals surface area contributed by atoms with E-state index in [0.717, 1.165) is 57.0 Å². The molecule has 0 bridgehead atoms. The number of hydrogen-bond donors (Lipinski definition) is 0. The van der Waals surface area contributed by atoms with Gasteiger partial charge in [-0.3, -0.25) is 14.3 Å². The molecule has 0 saturated carbocycles. The fourth-order valence-corrected chi connectivity index (χ4v) is 4.73. The lowest BCUT2D eigenvalue weighted by molar-refractivity contribution is -0.138. The van der Waals surface area contributed by atoms with Gasteiger partial charge in [-0.25, -0.2) is 0 Å². The van der Waals surface area contributed by atoms with E-state index in [1.54, 1.807) is 6.92 Å². The maximum atomic E-state index is 12.8. The van der Waals surface area contributed by atoms with Gasteiger partial charge in [-0.2, -0.15) is 5.10 Å². The van der Waals surface area contributed by atoms with Crippen LogP contribution in [0.1, 0.15) is 56.8 Å². The van der Waals surface area contributed by atoms with Gasteiger partial charge in [0.25, 0.3) is 0 Å². The molecule has 0 N–H and O–H groups in total. The second-order valence-corrected chi connectivity index (χ2v) is 8.65. The van der Waals surface area contributed by atoms with E-state index in [0.29, 0.717) is 19.5 Å². The summed E-state index contributed by atoms with van der Waals surface area (Å²) in [6.07, 6.45) is 6.26. The van der Waals surface area contributed by atoms with Crippen LogP contribution in [0.25, 0.3) is 0 Å². The van der Waals surface area contributed by atoms with E-state index in [-0.39, 0.29) is 17.9 Å². The van der Waals surface area contributed by atoms with Crippen molar-refractivity contribution < 1.29 is 9.59 Å². The van der Waals surface area contributed by atoms with Crippen LogP contribution in [0.15, 0.2) is 6.07 Å². The van der Waals surface area contributed by atoms with E-state index in [1.807, 2.05) is 34.4 Å². The van der Waals surface area contributed by atoms with Crippen molar-refractivity contribution in [3.63, 3.8) is 0 Å². The molecule has 1 atom stereocenters. The highest BCUT2D eigenvalue weighted by atomic mass is 16.2. The number of likely N-dealkylation sites (tertiary alicyclic amines) is 2. The Morgan fingerprint density at radius 2 is 1.86 bits per heavy atom. The van der Waals surface area contributed by atoms with Crippen molar-refractivity contribution in [2.24, 2.45) is 0 Å². The van der Waals surface area contributed by atoms with Gasteiger partial charge in [-0.1, -0.05) is 6.42 Å². The monoisotopic (exact) mass is 403 g/mol. The topological polar surface area (TPSA) is 61.7 Å². The Balaban J connectivity index is 1.52. The third-order valence-corrected chi connectivity index (χ3v) is 6.34. The molecule has 0 spiro atoms. The van der Waals surface area contributed by atoms with Crippen molar-refractivity contribution >= 4 is 11.8 Å². The molecule has 3 rings (SSSR count). The predicted molar refractivity (Wildman–Crippen MR) is 114 cm³/mol. The molecule has 2 saturated heterocycles. The number of carbonyl (C=O) groups excluding carboxylic acids is 2. The van der Waals surface area contributed by atoms with Gasteiger partial charge in [0.1, 0.15) is 0 Å². The van der Waals surface area contributed by atoms with Gasteiger partial charge in [0.05, 0.1) is 5.69 Å². The van der Waals surface area contributed by atoms with Crippen molar-refractivity contribution in [1.82, 2.24) is 24.5 Å². The van der Waals surface area contributed by atoms with Gasteiger partial charge < -0.3 is 14.7 Å². The first-order valence-electron chi connectivity index (χ1n) is 11.2. The third kappa shape index (κ3) is 6.04. The summed E-state index contributed by atoms with van der Waals surface area (Å²) in [4.78, 5) is 31.6. The molecule has 0 radical (unpaired) electrons. The molecule has 2 fully saturated rings. The maximum absolute atomic E-state index is 12.8. The van der Waals surface area contributed by atoms with Crippen LogP contribution in [0.5, 0.6) is 0 Å². The molecule has 2 aliphatic rings. The number of amides is 2. The molecule has 29 heavy (non-hydrogen) atoms. The zero-order valence-electron chi connectivity index (χ0n) is 18.4. The minimum Gasteiger partial charge on any atom is -0.341 e. The van der Waals surface area contributed by atoms with Crippen LogP contribution < -0.4 is 0 Å². The molecule has 7 heteroatoms. The number of rotatable bonds is 7. The third-order valence-electron chi connectivity index (χ3n) is 6.34. The summed E-state index contributed by atoms with van der Waals surface area (Å²) in [7, 11) is 0. The minimum atomic E-state index is 0.129. The van der Waals surface area contributed by atoms with E-state index in [9.17, 15) is 9.59 Å². The Kier molecular flexibility index (Phi) is 7.70. The standard InChI is InChI=1S/C22H37N5O2/c1-18-16-19(2)27(23-18)13-9-22(29)25-12-7-8-21(17-25)26(20(3)28)15-14-24-10-5-4-6-11-24/h16,21H,4-15,17H2,1-3H3. The Morgan fingerprint density at radius 1 is 1.10 bits per heavy atom. The second-order valence-electron chi connectivity index (χ2n) is 8.65. The van der Waals surface area contributed by atoms with E-state index >= 15 is 0 Å². The molecule has 1 aromatic rings. The molecule has 0 aromatic carbocycles. The average Bonchev–Trinajstić information content (AvgIpc) is 3.04. The lowest BCUT2D eigenvalue weighted by Gasteiger charge is -2.40. The van der Waals surface area contributed by atoms with Gasteiger partial charge in [-0.15, -0.1) is 0 Å². The van der Waals surface area contributed by atoms with Gasteiger partial charge in [0.2, 0.25) is 11.8 Å². The van der Waals surface area contributed by atoms with Crippen molar-refractivity contribution in [1.29, 1.82) is 0 Å². The summed E-state index contributed by atoms with van der Waals surface area (Å²) in [5.41, 5.74) is 2.08. The van der Waals surface area contributed by atoms with Crippen LogP contribution in [-0.2, 0) is 16.1 Å². The number of nitrogens with zero attached hydrogens (tertiary/aromatic N) is 5. The molecular weight excluding hydrogens is 366 g/mol. The molecular formula is C22H37N5O2.